The van der Waals surface area contributed by atoms with Crippen molar-refractivity contribution >= 4 is 5.91 Å². The largest absolute Gasteiger partial charge is 0.495 e. The van der Waals surface area contributed by atoms with Gasteiger partial charge in [0.25, 0.3) is 0 Å². The molecule has 4 nitrogen and oxygen atoms in total. The molecule has 0 aliphatic heterocycles. The molecule has 2 atom stereocenters. The topological polar surface area (TPSA) is 51.2 Å². The number of carbonyl (C=O) groups excluding carboxylic acids is 1. The number of ether oxygens (including phenoxy) is 1. The molecule has 28 heavy (non-hydrogen) atoms. The zero-order valence-electron chi connectivity index (χ0n) is 16.1. The Kier molecular flexibility index (Phi) is 6.04. The number of halogens is 1. The SMILES string of the molecule is COc1ccc([C@@H](C)NC(=O)C(C)c2ccc(-c3ccccc3)c(F)c2)nc1. The fourth-order valence-corrected chi connectivity index (χ4v) is 2.98. The summed E-state index contributed by atoms with van der Waals surface area (Å²) in [5.41, 5.74) is 2.69. The molecule has 5 heteroatoms. The van der Waals surface area contributed by atoms with Crippen molar-refractivity contribution in [2.75, 3.05) is 7.11 Å². The van der Waals surface area contributed by atoms with Crippen LogP contribution in [0.15, 0.2) is 66.9 Å². The molecule has 0 bridgehead atoms. The molecule has 0 fully saturated rings. The Balaban J connectivity index is 1.71. The van der Waals surface area contributed by atoms with E-state index in [1.54, 1.807) is 38.4 Å². The van der Waals surface area contributed by atoms with Crippen LogP contribution in [0.3, 0.4) is 0 Å². The summed E-state index contributed by atoms with van der Waals surface area (Å²) >= 11 is 0. The minimum atomic E-state index is -0.486. The molecular formula is C23H23FN2O2. The molecule has 0 aliphatic rings. The van der Waals surface area contributed by atoms with Crippen molar-refractivity contribution < 1.29 is 13.9 Å². The number of benzene rings is 2. The molecule has 0 aliphatic carbocycles. The lowest BCUT2D eigenvalue weighted by Crippen LogP contribution is -2.31. The van der Waals surface area contributed by atoms with E-state index >= 15 is 0 Å². The van der Waals surface area contributed by atoms with E-state index < -0.39 is 5.92 Å². The maximum atomic E-state index is 14.6. The molecule has 1 amide bonds. The molecule has 0 saturated carbocycles. The summed E-state index contributed by atoms with van der Waals surface area (Å²) in [6, 6.07) is 17.6. The van der Waals surface area contributed by atoms with Gasteiger partial charge in [-0.05, 0) is 43.2 Å². The molecule has 1 heterocycles. The Morgan fingerprint density at radius 3 is 2.43 bits per heavy atom. The molecule has 0 radical (unpaired) electrons. The Morgan fingerprint density at radius 1 is 1.07 bits per heavy atom. The predicted octanol–water partition coefficient (Wildman–Crippen LogP) is 4.88. The highest BCUT2D eigenvalue weighted by molar-refractivity contribution is 5.83. The molecule has 144 valence electrons. The van der Waals surface area contributed by atoms with E-state index in [2.05, 4.69) is 10.3 Å². The predicted molar refractivity (Wildman–Crippen MR) is 108 cm³/mol. The van der Waals surface area contributed by atoms with Gasteiger partial charge in [-0.1, -0.05) is 42.5 Å². The van der Waals surface area contributed by atoms with E-state index in [1.165, 1.54) is 6.07 Å². The standard InChI is InChI=1S/C23H23FN2O2/c1-15(23(27)26-16(2)22-12-10-19(28-3)14-25-22)18-9-11-20(21(24)13-18)17-7-5-4-6-8-17/h4-16H,1-3H3,(H,26,27)/t15?,16-/m1/s1. The summed E-state index contributed by atoms with van der Waals surface area (Å²) in [6.45, 7) is 3.62. The normalized spacial score (nSPS) is 12.9. The van der Waals surface area contributed by atoms with E-state index in [4.69, 9.17) is 4.74 Å². The van der Waals surface area contributed by atoms with Crippen molar-refractivity contribution in [3.8, 4) is 16.9 Å². The first-order valence-corrected chi connectivity index (χ1v) is 9.14. The van der Waals surface area contributed by atoms with Crippen molar-refractivity contribution in [1.82, 2.24) is 10.3 Å². The van der Waals surface area contributed by atoms with E-state index in [-0.39, 0.29) is 17.8 Å². The van der Waals surface area contributed by atoms with Gasteiger partial charge < -0.3 is 10.1 Å². The minimum absolute atomic E-state index is 0.183. The van der Waals surface area contributed by atoms with Crippen molar-refractivity contribution in [2.45, 2.75) is 25.8 Å². The number of hydrogen-bond acceptors (Lipinski definition) is 3. The highest BCUT2D eigenvalue weighted by Crippen LogP contribution is 2.26. The number of hydrogen-bond donors (Lipinski definition) is 1. The van der Waals surface area contributed by atoms with E-state index in [0.717, 1.165) is 11.3 Å². The van der Waals surface area contributed by atoms with Gasteiger partial charge in [-0.3, -0.25) is 9.78 Å². The Morgan fingerprint density at radius 2 is 1.82 bits per heavy atom. The number of amides is 1. The van der Waals surface area contributed by atoms with Crippen LogP contribution in [0.5, 0.6) is 5.75 Å². The smallest absolute Gasteiger partial charge is 0.227 e. The van der Waals surface area contributed by atoms with Crippen molar-refractivity contribution in [3.63, 3.8) is 0 Å². The van der Waals surface area contributed by atoms with Gasteiger partial charge in [-0.2, -0.15) is 0 Å². The fraction of sp³-hybridized carbons (Fsp3) is 0.217. The second-order valence-corrected chi connectivity index (χ2v) is 6.68. The maximum Gasteiger partial charge on any atom is 0.227 e. The van der Waals surface area contributed by atoms with Crippen LogP contribution >= 0.6 is 0 Å². The first-order chi connectivity index (χ1) is 13.5. The summed E-state index contributed by atoms with van der Waals surface area (Å²) in [6.07, 6.45) is 1.61. The third-order valence-electron chi connectivity index (χ3n) is 4.77. The molecule has 0 spiro atoms. The Bertz CT molecular complexity index is 943. The summed E-state index contributed by atoms with van der Waals surface area (Å²) in [7, 11) is 1.58. The lowest BCUT2D eigenvalue weighted by atomic mass is 9.96. The monoisotopic (exact) mass is 378 g/mol. The highest BCUT2D eigenvalue weighted by atomic mass is 19.1. The number of methoxy groups -OCH3 is 1. The average molecular weight is 378 g/mol. The molecule has 1 aromatic heterocycles. The first-order valence-electron chi connectivity index (χ1n) is 9.14. The molecule has 1 N–H and O–H groups in total. The van der Waals surface area contributed by atoms with Crippen LogP contribution in [-0.2, 0) is 4.79 Å². The second kappa shape index (κ2) is 8.65. The summed E-state index contributed by atoms with van der Waals surface area (Å²) in [4.78, 5) is 16.9. The van der Waals surface area contributed by atoms with Gasteiger partial charge in [0.05, 0.1) is 31.0 Å². The molecule has 1 unspecified atom stereocenters. The van der Waals surface area contributed by atoms with Crippen LogP contribution in [0.2, 0.25) is 0 Å². The zero-order chi connectivity index (χ0) is 20.1. The van der Waals surface area contributed by atoms with Crippen molar-refractivity contribution in [3.05, 3.63) is 83.9 Å². The zero-order valence-corrected chi connectivity index (χ0v) is 16.1. The van der Waals surface area contributed by atoms with Gasteiger partial charge in [0.1, 0.15) is 11.6 Å². The molecule has 3 aromatic rings. The number of carbonyl (C=O) groups is 1. The van der Waals surface area contributed by atoms with E-state index in [1.807, 2.05) is 43.3 Å². The van der Waals surface area contributed by atoms with Crippen molar-refractivity contribution in [2.24, 2.45) is 0 Å². The third-order valence-corrected chi connectivity index (χ3v) is 4.77. The van der Waals surface area contributed by atoms with Crippen LogP contribution in [0, 0.1) is 5.82 Å². The number of nitrogens with one attached hydrogen (secondary N) is 1. The van der Waals surface area contributed by atoms with Gasteiger partial charge in [0.2, 0.25) is 5.91 Å². The van der Waals surface area contributed by atoms with Crippen LogP contribution in [-0.4, -0.2) is 18.0 Å². The fourth-order valence-electron chi connectivity index (χ4n) is 2.98. The number of aromatic nitrogens is 1. The lowest BCUT2D eigenvalue weighted by Gasteiger charge is -2.18. The van der Waals surface area contributed by atoms with E-state index in [9.17, 15) is 9.18 Å². The first kappa shape index (κ1) is 19.5. The summed E-state index contributed by atoms with van der Waals surface area (Å²) < 4.78 is 19.7. The maximum absolute atomic E-state index is 14.6. The Hall–Kier alpha value is -3.21. The van der Waals surface area contributed by atoms with Gasteiger partial charge in [-0.25, -0.2) is 4.39 Å². The quantitative estimate of drug-likeness (QED) is 0.665. The number of rotatable bonds is 6. The van der Waals surface area contributed by atoms with Crippen molar-refractivity contribution in [1.29, 1.82) is 0 Å². The third kappa shape index (κ3) is 4.36. The van der Waals surface area contributed by atoms with Gasteiger partial charge in [0.15, 0.2) is 0 Å². The van der Waals surface area contributed by atoms with Gasteiger partial charge >= 0.3 is 0 Å². The van der Waals surface area contributed by atoms with Crippen LogP contribution in [0.1, 0.15) is 37.1 Å². The molecule has 3 rings (SSSR count). The lowest BCUT2D eigenvalue weighted by molar-refractivity contribution is -0.122. The van der Waals surface area contributed by atoms with E-state index in [0.29, 0.717) is 16.9 Å². The van der Waals surface area contributed by atoms with Crippen LogP contribution in [0.25, 0.3) is 11.1 Å². The molecule has 2 aromatic carbocycles. The second-order valence-electron chi connectivity index (χ2n) is 6.68. The summed E-state index contributed by atoms with van der Waals surface area (Å²) in [5, 5.41) is 2.93. The Labute approximate surface area is 164 Å². The molecule has 0 saturated heterocycles. The van der Waals surface area contributed by atoms with Gasteiger partial charge in [-0.15, -0.1) is 0 Å². The van der Waals surface area contributed by atoms with Gasteiger partial charge in [0, 0.05) is 5.56 Å². The van der Waals surface area contributed by atoms with Crippen LogP contribution < -0.4 is 10.1 Å². The highest BCUT2D eigenvalue weighted by Gasteiger charge is 2.20. The molecular weight excluding hydrogens is 355 g/mol. The van der Waals surface area contributed by atoms with Crippen LogP contribution in [0.4, 0.5) is 4.39 Å². The minimum Gasteiger partial charge on any atom is -0.495 e. The average Bonchev–Trinajstić information content (AvgIpc) is 2.73. The number of nitrogens with zero attached hydrogens (tertiary/aromatic N) is 1. The number of pyridine rings is 1. The summed E-state index contributed by atoms with van der Waals surface area (Å²) in [5.74, 6) is -0.352.